The second-order valence-electron chi connectivity index (χ2n) is 11.1. The minimum atomic E-state index is -0.845. The molecule has 11 nitrogen and oxygen atoms in total. The van der Waals surface area contributed by atoms with E-state index in [2.05, 4.69) is 16.0 Å². The Balaban J connectivity index is 4.83. The van der Waals surface area contributed by atoms with Gasteiger partial charge in [0.15, 0.2) is 0 Å². The normalized spacial score (nSPS) is 13.6. The average Bonchev–Trinajstić information content (AvgIpc) is 2.65. The number of nitrogens with one attached hydrogen (secondary N) is 3. The first-order valence-corrected chi connectivity index (χ1v) is 13.1. The summed E-state index contributed by atoms with van der Waals surface area (Å²) in [6.45, 7) is 15.9. The molecular weight excluding hydrogens is 490 g/mol. The predicted octanol–water partition coefficient (Wildman–Crippen LogP) is 3.98. The number of methoxy groups -OCH3 is 1. The molecule has 0 saturated carbocycles. The standard InChI is InChI=1S/C24H45N3O8S/c1-22(2,3)33-19(29)25-15-16(26-20(30)34-23(4,5)6)11-13-36-14-12-17(18(28)32-10)27-21(31)35-24(7,8)9/h16-17H,11-15H2,1-10H3,(H,25,29)(H,26,30)(H,27,31). The Labute approximate surface area is 219 Å². The molecular formula is C24H45N3O8S. The summed E-state index contributed by atoms with van der Waals surface area (Å²) in [5.74, 6) is 0.581. The molecule has 0 aromatic heterocycles. The Hall–Kier alpha value is -2.37. The molecule has 3 N–H and O–H groups in total. The van der Waals surface area contributed by atoms with E-state index in [-0.39, 0.29) is 6.54 Å². The summed E-state index contributed by atoms with van der Waals surface area (Å²) in [4.78, 5) is 48.4. The first kappa shape index (κ1) is 33.6. The summed E-state index contributed by atoms with van der Waals surface area (Å²) in [5, 5.41) is 7.98. The SMILES string of the molecule is COC(=O)C(CCSCCC(CNC(=O)OC(C)(C)C)NC(=O)OC(C)(C)C)NC(=O)OC(C)(C)C. The second kappa shape index (κ2) is 15.0. The van der Waals surface area contributed by atoms with Gasteiger partial charge in [-0.3, -0.25) is 0 Å². The fraction of sp³-hybridized carbons (Fsp3) is 0.833. The minimum Gasteiger partial charge on any atom is -0.467 e. The zero-order valence-corrected chi connectivity index (χ0v) is 24.2. The van der Waals surface area contributed by atoms with E-state index < -0.39 is 53.1 Å². The summed E-state index contributed by atoms with van der Waals surface area (Å²) >= 11 is 1.53. The monoisotopic (exact) mass is 535 g/mol. The topological polar surface area (TPSA) is 141 Å². The molecule has 210 valence electrons. The third-order valence-electron chi connectivity index (χ3n) is 3.95. The molecule has 12 heteroatoms. The summed E-state index contributed by atoms with van der Waals surface area (Å²) in [6.07, 6.45) is -1.02. The lowest BCUT2D eigenvalue weighted by Gasteiger charge is -2.25. The van der Waals surface area contributed by atoms with Gasteiger partial charge < -0.3 is 34.9 Å². The van der Waals surface area contributed by atoms with Gasteiger partial charge in [0.1, 0.15) is 22.8 Å². The number of carbonyl (C=O) groups excluding carboxylic acids is 4. The van der Waals surface area contributed by atoms with Gasteiger partial charge in [-0.25, -0.2) is 19.2 Å². The van der Waals surface area contributed by atoms with Crippen LogP contribution in [0.4, 0.5) is 14.4 Å². The molecule has 0 aromatic carbocycles. The predicted molar refractivity (Wildman–Crippen MR) is 139 cm³/mol. The van der Waals surface area contributed by atoms with Crippen LogP contribution in [0.2, 0.25) is 0 Å². The first-order valence-electron chi connectivity index (χ1n) is 11.9. The maximum absolute atomic E-state index is 12.2. The molecule has 0 spiro atoms. The molecule has 0 aromatic rings. The van der Waals surface area contributed by atoms with Crippen LogP contribution in [-0.4, -0.2) is 78.3 Å². The van der Waals surface area contributed by atoms with Crippen molar-refractivity contribution < 1.29 is 38.1 Å². The lowest BCUT2D eigenvalue weighted by Crippen LogP contribution is -2.46. The van der Waals surface area contributed by atoms with Crippen molar-refractivity contribution in [2.45, 2.75) is 104 Å². The van der Waals surface area contributed by atoms with Gasteiger partial charge in [-0.2, -0.15) is 11.8 Å². The van der Waals surface area contributed by atoms with Gasteiger partial charge in [0.25, 0.3) is 0 Å². The molecule has 0 rings (SSSR count). The number of hydrogen-bond donors (Lipinski definition) is 3. The molecule has 2 atom stereocenters. The zero-order valence-electron chi connectivity index (χ0n) is 23.4. The highest BCUT2D eigenvalue weighted by Gasteiger charge is 2.25. The van der Waals surface area contributed by atoms with Crippen molar-refractivity contribution >= 4 is 36.0 Å². The number of thioether (sulfide) groups is 1. The highest BCUT2D eigenvalue weighted by molar-refractivity contribution is 7.99. The van der Waals surface area contributed by atoms with Crippen LogP contribution < -0.4 is 16.0 Å². The van der Waals surface area contributed by atoms with E-state index >= 15 is 0 Å². The maximum atomic E-state index is 12.2. The molecule has 0 fully saturated rings. The molecule has 0 radical (unpaired) electrons. The summed E-state index contributed by atoms with van der Waals surface area (Å²) < 4.78 is 20.6. The number of carbonyl (C=O) groups is 4. The van der Waals surface area contributed by atoms with E-state index in [1.807, 2.05) is 0 Å². The van der Waals surface area contributed by atoms with Gasteiger partial charge in [-0.1, -0.05) is 0 Å². The van der Waals surface area contributed by atoms with E-state index in [9.17, 15) is 19.2 Å². The number of alkyl carbamates (subject to hydrolysis) is 3. The Kier molecular flexibility index (Phi) is 14.0. The Morgan fingerprint density at radius 2 is 1.14 bits per heavy atom. The van der Waals surface area contributed by atoms with E-state index in [1.165, 1.54) is 18.9 Å². The molecule has 36 heavy (non-hydrogen) atoms. The lowest BCUT2D eigenvalue weighted by molar-refractivity contribution is -0.143. The van der Waals surface area contributed by atoms with Crippen LogP contribution >= 0.6 is 11.8 Å². The highest BCUT2D eigenvalue weighted by atomic mass is 32.2. The van der Waals surface area contributed by atoms with Crippen molar-refractivity contribution in [1.82, 2.24) is 16.0 Å². The van der Waals surface area contributed by atoms with Crippen LogP contribution in [0.3, 0.4) is 0 Å². The third kappa shape index (κ3) is 18.9. The maximum Gasteiger partial charge on any atom is 0.408 e. The Morgan fingerprint density at radius 1 is 0.694 bits per heavy atom. The van der Waals surface area contributed by atoms with Gasteiger partial charge in [0.2, 0.25) is 0 Å². The smallest absolute Gasteiger partial charge is 0.408 e. The zero-order chi connectivity index (χ0) is 28.2. The van der Waals surface area contributed by atoms with Crippen molar-refractivity contribution in [3.63, 3.8) is 0 Å². The minimum absolute atomic E-state index is 0.152. The van der Waals surface area contributed by atoms with Gasteiger partial charge in [-0.05, 0) is 86.7 Å². The van der Waals surface area contributed by atoms with Crippen molar-refractivity contribution in [2.75, 3.05) is 25.2 Å². The number of hydrogen-bond acceptors (Lipinski definition) is 9. The molecule has 0 aliphatic heterocycles. The van der Waals surface area contributed by atoms with Crippen molar-refractivity contribution in [3.8, 4) is 0 Å². The van der Waals surface area contributed by atoms with Crippen molar-refractivity contribution in [3.05, 3.63) is 0 Å². The fourth-order valence-electron chi connectivity index (χ4n) is 2.59. The number of rotatable bonds is 11. The van der Waals surface area contributed by atoms with Crippen LogP contribution in [-0.2, 0) is 23.7 Å². The number of esters is 1. The van der Waals surface area contributed by atoms with Crippen LogP contribution in [0.25, 0.3) is 0 Å². The van der Waals surface area contributed by atoms with Crippen LogP contribution in [0.15, 0.2) is 0 Å². The number of amides is 3. The highest BCUT2D eigenvalue weighted by Crippen LogP contribution is 2.13. The van der Waals surface area contributed by atoms with Gasteiger partial charge in [-0.15, -0.1) is 0 Å². The van der Waals surface area contributed by atoms with Crippen molar-refractivity contribution in [1.29, 1.82) is 0 Å². The van der Waals surface area contributed by atoms with E-state index in [1.54, 1.807) is 62.3 Å². The van der Waals surface area contributed by atoms with Gasteiger partial charge >= 0.3 is 24.2 Å². The quantitative estimate of drug-likeness (QED) is 0.203. The summed E-state index contributed by atoms with van der Waals surface area (Å²) in [7, 11) is 1.25. The number of ether oxygens (including phenoxy) is 4. The van der Waals surface area contributed by atoms with Crippen LogP contribution in [0, 0.1) is 0 Å². The Bertz CT molecular complexity index is 726. The van der Waals surface area contributed by atoms with Crippen molar-refractivity contribution in [2.24, 2.45) is 0 Å². The molecule has 0 heterocycles. The summed E-state index contributed by atoms with van der Waals surface area (Å²) in [6, 6.07) is -1.25. The largest absolute Gasteiger partial charge is 0.467 e. The van der Waals surface area contributed by atoms with E-state index in [4.69, 9.17) is 18.9 Å². The molecule has 0 aliphatic rings. The van der Waals surface area contributed by atoms with Gasteiger partial charge in [0.05, 0.1) is 13.2 Å². The van der Waals surface area contributed by atoms with Gasteiger partial charge in [0, 0.05) is 6.54 Å². The molecule has 0 saturated heterocycles. The Morgan fingerprint density at radius 3 is 1.61 bits per heavy atom. The molecule has 0 bridgehead atoms. The van der Waals surface area contributed by atoms with E-state index in [0.29, 0.717) is 24.3 Å². The molecule has 0 aliphatic carbocycles. The van der Waals surface area contributed by atoms with Crippen LogP contribution in [0.5, 0.6) is 0 Å². The van der Waals surface area contributed by atoms with Crippen LogP contribution in [0.1, 0.15) is 75.2 Å². The van der Waals surface area contributed by atoms with E-state index in [0.717, 1.165) is 0 Å². The average molecular weight is 536 g/mol. The lowest BCUT2D eigenvalue weighted by atomic mass is 10.2. The first-order chi connectivity index (χ1) is 16.3. The molecule has 3 amide bonds. The second-order valence-corrected chi connectivity index (χ2v) is 12.4. The molecule has 2 unspecified atom stereocenters. The fourth-order valence-corrected chi connectivity index (χ4v) is 3.65. The summed E-state index contributed by atoms with van der Waals surface area (Å²) in [5.41, 5.74) is -1.99. The third-order valence-corrected chi connectivity index (χ3v) is 5.00.